The van der Waals surface area contributed by atoms with Gasteiger partial charge in [0, 0.05) is 16.7 Å². The molecule has 0 radical (unpaired) electrons. The van der Waals surface area contributed by atoms with Gasteiger partial charge in [0.25, 0.3) is 0 Å². The summed E-state index contributed by atoms with van der Waals surface area (Å²) in [5.74, 6) is 7.08. The van der Waals surface area contributed by atoms with E-state index in [-0.39, 0.29) is 0 Å². The van der Waals surface area contributed by atoms with Crippen molar-refractivity contribution in [1.29, 1.82) is 0 Å². The first kappa shape index (κ1) is 12.6. The van der Waals surface area contributed by atoms with Crippen molar-refractivity contribution in [2.75, 3.05) is 5.75 Å². The summed E-state index contributed by atoms with van der Waals surface area (Å²) < 4.78 is 0. The van der Waals surface area contributed by atoms with Crippen LogP contribution in [0.3, 0.4) is 0 Å². The summed E-state index contributed by atoms with van der Waals surface area (Å²) >= 11 is 1.85. The van der Waals surface area contributed by atoms with Crippen LogP contribution in [0.4, 0.5) is 0 Å². The van der Waals surface area contributed by atoms with Crippen molar-refractivity contribution in [2.24, 2.45) is 11.8 Å². The highest BCUT2D eigenvalue weighted by molar-refractivity contribution is 7.99. The molecule has 2 nitrogen and oxygen atoms in total. The monoisotopic (exact) mass is 224 g/mol. The number of hydrogen-bond donors (Lipinski definition) is 2. The normalized spacial score (nSPS) is 13.1. The quantitative estimate of drug-likeness (QED) is 0.458. The maximum Gasteiger partial charge on any atom is 0.0327 e. The highest BCUT2D eigenvalue weighted by Gasteiger charge is 2.11. The van der Waals surface area contributed by atoms with Crippen LogP contribution < -0.4 is 11.3 Å². The average molecular weight is 224 g/mol. The average Bonchev–Trinajstić information content (AvgIpc) is 2.18. The molecule has 1 aromatic carbocycles. The van der Waals surface area contributed by atoms with E-state index in [2.05, 4.69) is 50.5 Å². The van der Waals surface area contributed by atoms with Crippen molar-refractivity contribution >= 4 is 11.8 Å². The Kier molecular flexibility index (Phi) is 5.15. The number of rotatable bonds is 5. The zero-order valence-electron chi connectivity index (χ0n) is 9.66. The van der Waals surface area contributed by atoms with Gasteiger partial charge in [0.05, 0.1) is 0 Å². The van der Waals surface area contributed by atoms with Gasteiger partial charge >= 0.3 is 0 Å². The summed E-state index contributed by atoms with van der Waals surface area (Å²) in [4.78, 5) is 1.32. The topological polar surface area (TPSA) is 38.0 Å². The molecule has 84 valence electrons. The lowest BCUT2D eigenvalue weighted by atomic mass is 10.1. The highest BCUT2D eigenvalue weighted by Crippen LogP contribution is 2.21. The van der Waals surface area contributed by atoms with E-state index in [0.717, 1.165) is 5.75 Å². The predicted octanol–water partition coefficient (Wildman–Crippen LogP) is 2.58. The number of thioether (sulfide) groups is 1. The number of nitrogens with two attached hydrogens (primary N) is 1. The van der Waals surface area contributed by atoms with Gasteiger partial charge in [-0.3, -0.25) is 11.3 Å². The molecule has 1 rings (SSSR count). The van der Waals surface area contributed by atoms with Crippen LogP contribution >= 0.6 is 11.8 Å². The fraction of sp³-hybridized carbons (Fsp3) is 0.500. The molecule has 0 aliphatic rings. The Morgan fingerprint density at radius 3 is 2.67 bits per heavy atom. The van der Waals surface area contributed by atoms with Crippen molar-refractivity contribution < 1.29 is 0 Å². The molecule has 0 saturated carbocycles. The van der Waals surface area contributed by atoms with Gasteiger partial charge in [-0.05, 0) is 25.0 Å². The minimum atomic E-state index is 0.371. The molecule has 0 fully saturated rings. The van der Waals surface area contributed by atoms with Crippen LogP contribution in [0, 0.1) is 12.8 Å². The highest BCUT2D eigenvalue weighted by atomic mass is 32.2. The van der Waals surface area contributed by atoms with Gasteiger partial charge in [0.15, 0.2) is 0 Å². The molecule has 1 aromatic rings. The van der Waals surface area contributed by atoms with Gasteiger partial charge in [0.1, 0.15) is 0 Å². The zero-order valence-corrected chi connectivity index (χ0v) is 10.5. The van der Waals surface area contributed by atoms with Crippen LogP contribution in [0.15, 0.2) is 29.2 Å². The van der Waals surface area contributed by atoms with Gasteiger partial charge in [0.2, 0.25) is 0 Å². The van der Waals surface area contributed by atoms with Gasteiger partial charge in [-0.15, -0.1) is 11.8 Å². The molecule has 0 bridgehead atoms. The van der Waals surface area contributed by atoms with E-state index in [1.807, 2.05) is 11.8 Å². The molecule has 0 aliphatic heterocycles. The minimum Gasteiger partial charge on any atom is -0.271 e. The number of nitrogens with one attached hydrogen (secondary N) is 1. The molecule has 0 aromatic heterocycles. The van der Waals surface area contributed by atoms with Crippen LogP contribution in [0.2, 0.25) is 0 Å². The third-order valence-electron chi connectivity index (χ3n) is 2.44. The van der Waals surface area contributed by atoms with Crippen molar-refractivity contribution in [1.82, 2.24) is 5.43 Å². The maximum atomic E-state index is 5.50. The molecule has 0 spiro atoms. The third kappa shape index (κ3) is 4.24. The van der Waals surface area contributed by atoms with Crippen molar-refractivity contribution in [3.63, 3.8) is 0 Å². The van der Waals surface area contributed by atoms with E-state index in [9.17, 15) is 0 Å². The predicted molar refractivity (Wildman–Crippen MR) is 67.9 cm³/mol. The van der Waals surface area contributed by atoms with E-state index >= 15 is 0 Å². The Labute approximate surface area is 96.6 Å². The van der Waals surface area contributed by atoms with E-state index in [1.165, 1.54) is 10.5 Å². The second-order valence-electron chi connectivity index (χ2n) is 4.14. The van der Waals surface area contributed by atoms with Gasteiger partial charge in [-0.1, -0.05) is 31.5 Å². The molecule has 0 heterocycles. The smallest absolute Gasteiger partial charge is 0.0327 e. The lowest BCUT2D eigenvalue weighted by Gasteiger charge is -2.19. The van der Waals surface area contributed by atoms with Gasteiger partial charge in [-0.25, -0.2) is 0 Å². The molecule has 0 amide bonds. The fourth-order valence-corrected chi connectivity index (χ4v) is 2.62. The fourth-order valence-electron chi connectivity index (χ4n) is 1.32. The second kappa shape index (κ2) is 6.16. The lowest BCUT2D eigenvalue weighted by Crippen LogP contribution is -2.40. The Morgan fingerprint density at radius 2 is 2.13 bits per heavy atom. The summed E-state index contributed by atoms with van der Waals surface area (Å²) in [6.07, 6.45) is 0. The van der Waals surface area contributed by atoms with Gasteiger partial charge in [-0.2, -0.15) is 0 Å². The molecule has 1 atom stereocenters. The SMILES string of the molecule is Cc1cccc(SCC(NN)C(C)C)c1. The minimum absolute atomic E-state index is 0.371. The number of aryl methyl sites for hydroxylation is 1. The third-order valence-corrected chi connectivity index (χ3v) is 3.55. The summed E-state index contributed by atoms with van der Waals surface area (Å²) in [6, 6.07) is 8.93. The first-order valence-electron chi connectivity index (χ1n) is 5.29. The lowest BCUT2D eigenvalue weighted by molar-refractivity contribution is 0.443. The largest absolute Gasteiger partial charge is 0.271 e. The standard InChI is InChI=1S/C12H20N2S/c1-9(2)12(14-13)8-15-11-6-4-5-10(3)7-11/h4-7,9,12,14H,8,13H2,1-3H3. The maximum absolute atomic E-state index is 5.50. The summed E-state index contributed by atoms with van der Waals surface area (Å²) in [5.41, 5.74) is 4.17. The molecular weight excluding hydrogens is 204 g/mol. The molecule has 3 N–H and O–H groups in total. The van der Waals surface area contributed by atoms with Crippen molar-refractivity contribution in [3.8, 4) is 0 Å². The van der Waals surface area contributed by atoms with E-state index in [1.54, 1.807) is 0 Å². The Bertz CT molecular complexity index is 299. The molecule has 0 aliphatic carbocycles. The summed E-state index contributed by atoms with van der Waals surface area (Å²) in [6.45, 7) is 6.48. The first-order chi connectivity index (χ1) is 7.13. The Balaban J connectivity index is 2.49. The van der Waals surface area contributed by atoms with Crippen LogP contribution in [0.5, 0.6) is 0 Å². The van der Waals surface area contributed by atoms with Gasteiger partial charge < -0.3 is 0 Å². The molecule has 0 saturated heterocycles. The number of hydrazine groups is 1. The molecule has 3 heteroatoms. The van der Waals surface area contributed by atoms with Crippen molar-refractivity contribution in [2.45, 2.75) is 31.7 Å². The molecule has 15 heavy (non-hydrogen) atoms. The van der Waals surface area contributed by atoms with Crippen LogP contribution in [0.25, 0.3) is 0 Å². The van der Waals surface area contributed by atoms with E-state index < -0.39 is 0 Å². The second-order valence-corrected chi connectivity index (χ2v) is 5.24. The first-order valence-corrected chi connectivity index (χ1v) is 6.27. The van der Waals surface area contributed by atoms with Crippen LogP contribution in [0.1, 0.15) is 19.4 Å². The Morgan fingerprint density at radius 1 is 1.40 bits per heavy atom. The van der Waals surface area contributed by atoms with E-state index in [0.29, 0.717) is 12.0 Å². The van der Waals surface area contributed by atoms with E-state index in [4.69, 9.17) is 5.84 Å². The Hall–Kier alpha value is -0.510. The molecule has 1 unspecified atom stereocenters. The zero-order chi connectivity index (χ0) is 11.3. The number of benzene rings is 1. The summed E-state index contributed by atoms with van der Waals surface area (Å²) in [7, 11) is 0. The molecular formula is C12H20N2S. The van der Waals surface area contributed by atoms with Crippen LogP contribution in [-0.4, -0.2) is 11.8 Å². The van der Waals surface area contributed by atoms with Crippen molar-refractivity contribution in [3.05, 3.63) is 29.8 Å². The number of hydrogen-bond acceptors (Lipinski definition) is 3. The van der Waals surface area contributed by atoms with Crippen LogP contribution in [-0.2, 0) is 0 Å². The summed E-state index contributed by atoms with van der Waals surface area (Å²) in [5, 5.41) is 0.